The molecule has 1 aromatic heterocycles. The van der Waals surface area contributed by atoms with Crippen LogP contribution < -0.4 is 10.9 Å². The summed E-state index contributed by atoms with van der Waals surface area (Å²) >= 11 is 0. The van der Waals surface area contributed by atoms with E-state index in [9.17, 15) is 9.90 Å². The van der Waals surface area contributed by atoms with Crippen molar-refractivity contribution in [2.75, 3.05) is 0 Å². The molecule has 0 atom stereocenters. The number of carbonyl (C=O) groups is 1. The average Bonchev–Trinajstić information content (AvgIpc) is 3.24. The first-order chi connectivity index (χ1) is 16.3. The van der Waals surface area contributed by atoms with Crippen molar-refractivity contribution in [2.24, 2.45) is 0 Å². The van der Waals surface area contributed by atoms with E-state index in [0.29, 0.717) is 12.1 Å². The third kappa shape index (κ3) is 4.39. The van der Waals surface area contributed by atoms with E-state index in [1.807, 2.05) is 18.2 Å². The summed E-state index contributed by atoms with van der Waals surface area (Å²) in [6, 6.07) is 16.6. The molecular formula is C28H28N4O2. The summed E-state index contributed by atoms with van der Waals surface area (Å²) in [4.78, 5) is 12.4. The smallest absolute Gasteiger partial charge is 0.265 e. The number of nitrogens with one attached hydrogen (secondary N) is 2. The van der Waals surface area contributed by atoms with Gasteiger partial charge in [-0.3, -0.25) is 10.2 Å². The van der Waals surface area contributed by atoms with Crippen molar-refractivity contribution < 1.29 is 9.90 Å². The number of rotatable bonds is 6. The van der Waals surface area contributed by atoms with Gasteiger partial charge in [0.2, 0.25) is 0 Å². The van der Waals surface area contributed by atoms with Crippen LogP contribution in [0, 0.1) is 39.0 Å². The first-order valence-electron chi connectivity index (χ1n) is 11.2. The number of phenols is 1. The summed E-state index contributed by atoms with van der Waals surface area (Å²) in [6.45, 7) is 9.95. The molecule has 1 amide bonds. The number of nitriles is 1. The highest BCUT2D eigenvalue weighted by Crippen LogP contribution is 2.26. The lowest BCUT2D eigenvalue weighted by atomic mass is 9.94. The summed E-state index contributed by atoms with van der Waals surface area (Å²) in [5, 5.41) is 19.8. The predicted molar refractivity (Wildman–Crippen MR) is 134 cm³/mol. The molecule has 1 heterocycles. The van der Waals surface area contributed by atoms with Crippen LogP contribution in [0.1, 0.15) is 49.3 Å². The summed E-state index contributed by atoms with van der Waals surface area (Å²) in [5.74, 6) is -0.517. The van der Waals surface area contributed by atoms with Gasteiger partial charge in [0.1, 0.15) is 11.8 Å². The number of aromatic nitrogens is 1. The zero-order valence-corrected chi connectivity index (χ0v) is 19.9. The maximum Gasteiger partial charge on any atom is 0.265 e. The molecule has 0 unspecified atom stereocenters. The molecule has 0 radical (unpaired) electrons. The van der Waals surface area contributed by atoms with Gasteiger partial charge in [0, 0.05) is 35.8 Å². The molecule has 34 heavy (non-hydrogen) atoms. The van der Waals surface area contributed by atoms with Crippen molar-refractivity contribution in [2.45, 2.75) is 40.8 Å². The molecule has 0 saturated carbocycles. The normalized spacial score (nSPS) is 10.9. The number of aryl methyl sites for hydroxylation is 2. The zero-order valence-electron chi connectivity index (χ0n) is 19.9. The maximum absolute atomic E-state index is 12.4. The maximum atomic E-state index is 12.4. The lowest BCUT2D eigenvalue weighted by Gasteiger charge is -2.17. The Morgan fingerprint density at radius 1 is 1.03 bits per heavy atom. The predicted octanol–water partition coefficient (Wildman–Crippen LogP) is 4.94. The van der Waals surface area contributed by atoms with Gasteiger partial charge in [0.15, 0.2) is 0 Å². The fourth-order valence-corrected chi connectivity index (χ4v) is 4.34. The van der Waals surface area contributed by atoms with Gasteiger partial charge in [-0.25, -0.2) is 5.43 Å². The second-order valence-corrected chi connectivity index (χ2v) is 8.68. The minimum Gasteiger partial charge on any atom is -0.507 e. The molecule has 3 N–H and O–H groups in total. The molecule has 4 aromatic rings. The Labute approximate surface area is 199 Å². The van der Waals surface area contributed by atoms with Crippen molar-refractivity contribution in [1.29, 1.82) is 5.26 Å². The van der Waals surface area contributed by atoms with Crippen LogP contribution in [0.4, 0.5) is 0 Å². The van der Waals surface area contributed by atoms with E-state index in [1.54, 1.807) is 0 Å². The highest BCUT2D eigenvalue weighted by atomic mass is 16.3. The number of fused-ring (bicyclic) bond motifs is 1. The summed E-state index contributed by atoms with van der Waals surface area (Å²) in [7, 11) is 0. The van der Waals surface area contributed by atoms with Crippen LogP contribution in [-0.4, -0.2) is 15.6 Å². The number of carbonyl (C=O) groups excluding carboxylic acids is 1. The van der Waals surface area contributed by atoms with Gasteiger partial charge in [-0.05, 0) is 91.4 Å². The SMILES string of the molecule is Cc1cc(C)c(C)c(Cn2ccc3c(CNNC(=O)c4ccc(O)c(C#N)c4)cccc32)c1C. The molecule has 0 aliphatic carbocycles. The Balaban J connectivity index is 1.51. The van der Waals surface area contributed by atoms with Crippen LogP contribution in [0.3, 0.4) is 0 Å². The number of benzene rings is 3. The first kappa shape index (κ1) is 23.1. The standard InChI is InChI=1S/C28H28N4O2/c1-17-12-18(2)20(4)25(19(17)3)16-32-11-10-24-22(6-5-7-26(24)32)15-30-31-28(34)21-8-9-27(33)23(13-21)14-29/h5-13,30,33H,15-16H2,1-4H3,(H,31,34). The summed E-state index contributed by atoms with van der Waals surface area (Å²) in [5.41, 5.74) is 14.9. The van der Waals surface area contributed by atoms with Crippen molar-refractivity contribution in [3.8, 4) is 11.8 Å². The summed E-state index contributed by atoms with van der Waals surface area (Å²) < 4.78 is 2.27. The highest BCUT2D eigenvalue weighted by Gasteiger charge is 2.13. The van der Waals surface area contributed by atoms with Crippen LogP contribution >= 0.6 is 0 Å². The molecule has 0 bridgehead atoms. The van der Waals surface area contributed by atoms with Crippen molar-refractivity contribution >= 4 is 16.8 Å². The fourth-order valence-electron chi connectivity index (χ4n) is 4.34. The molecular weight excluding hydrogens is 424 g/mol. The molecule has 0 aliphatic heterocycles. The van der Waals surface area contributed by atoms with Crippen LogP contribution in [0.25, 0.3) is 10.9 Å². The molecule has 6 heteroatoms. The third-order valence-corrected chi connectivity index (χ3v) is 6.61. The van der Waals surface area contributed by atoms with Crippen molar-refractivity contribution in [1.82, 2.24) is 15.4 Å². The molecule has 0 spiro atoms. The van der Waals surface area contributed by atoms with Crippen LogP contribution in [0.15, 0.2) is 54.7 Å². The molecule has 0 fully saturated rings. The second kappa shape index (κ2) is 9.42. The first-order valence-corrected chi connectivity index (χ1v) is 11.2. The van der Waals surface area contributed by atoms with E-state index in [2.05, 4.69) is 67.5 Å². The van der Waals surface area contributed by atoms with Gasteiger partial charge in [-0.15, -0.1) is 0 Å². The monoisotopic (exact) mass is 452 g/mol. The molecule has 4 rings (SSSR count). The van der Waals surface area contributed by atoms with Crippen LogP contribution in [0.2, 0.25) is 0 Å². The van der Waals surface area contributed by atoms with E-state index in [0.717, 1.165) is 23.0 Å². The number of nitrogens with zero attached hydrogens (tertiary/aromatic N) is 2. The quantitative estimate of drug-likeness (QED) is 0.362. The topological polar surface area (TPSA) is 90.1 Å². The molecule has 3 aromatic carbocycles. The Kier molecular flexibility index (Phi) is 6.40. The van der Waals surface area contributed by atoms with E-state index in [4.69, 9.17) is 5.26 Å². The molecule has 0 saturated heterocycles. The Morgan fingerprint density at radius 3 is 2.47 bits per heavy atom. The second-order valence-electron chi connectivity index (χ2n) is 8.68. The minimum absolute atomic E-state index is 0.0630. The van der Waals surface area contributed by atoms with E-state index in [-0.39, 0.29) is 17.2 Å². The van der Waals surface area contributed by atoms with Gasteiger partial charge in [-0.2, -0.15) is 5.26 Å². The van der Waals surface area contributed by atoms with Gasteiger partial charge in [-0.1, -0.05) is 18.2 Å². The van der Waals surface area contributed by atoms with Gasteiger partial charge >= 0.3 is 0 Å². The van der Waals surface area contributed by atoms with E-state index in [1.165, 1.54) is 46.0 Å². The van der Waals surface area contributed by atoms with E-state index < -0.39 is 0 Å². The van der Waals surface area contributed by atoms with Gasteiger partial charge in [0.25, 0.3) is 5.91 Å². The number of hydrogen-bond donors (Lipinski definition) is 3. The lowest BCUT2D eigenvalue weighted by molar-refractivity contribution is 0.0932. The number of hydrogen-bond acceptors (Lipinski definition) is 4. The highest BCUT2D eigenvalue weighted by molar-refractivity contribution is 5.94. The molecule has 172 valence electrons. The summed E-state index contributed by atoms with van der Waals surface area (Å²) in [6.07, 6.45) is 2.11. The van der Waals surface area contributed by atoms with Crippen molar-refractivity contribution in [3.63, 3.8) is 0 Å². The average molecular weight is 453 g/mol. The molecule has 0 aliphatic rings. The Morgan fingerprint density at radius 2 is 1.76 bits per heavy atom. The fraction of sp³-hybridized carbons (Fsp3) is 0.214. The number of phenolic OH excluding ortho intramolecular Hbond substituents is 1. The lowest BCUT2D eigenvalue weighted by Crippen LogP contribution is -2.36. The van der Waals surface area contributed by atoms with Gasteiger partial charge in [0.05, 0.1) is 5.56 Å². The minimum atomic E-state index is -0.373. The Hall–Kier alpha value is -4.08. The van der Waals surface area contributed by atoms with E-state index >= 15 is 0 Å². The van der Waals surface area contributed by atoms with Crippen LogP contribution in [-0.2, 0) is 13.1 Å². The number of aromatic hydroxyl groups is 1. The number of amides is 1. The van der Waals surface area contributed by atoms with Crippen molar-refractivity contribution in [3.05, 3.63) is 99.2 Å². The Bertz CT molecular complexity index is 1420. The zero-order chi connectivity index (χ0) is 24.4. The molecule has 6 nitrogen and oxygen atoms in total. The largest absolute Gasteiger partial charge is 0.507 e. The number of hydrazine groups is 1. The van der Waals surface area contributed by atoms with Gasteiger partial charge < -0.3 is 9.67 Å². The van der Waals surface area contributed by atoms with Crippen LogP contribution in [0.5, 0.6) is 5.75 Å². The third-order valence-electron chi connectivity index (χ3n) is 6.61.